The van der Waals surface area contributed by atoms with Crippen molar-refractivity contribution >= 4 is 33.2 Å². The Bertz CT molecular complexity index is 583. The summed E-state index contributed by atoms with van der Waals surface area (Å²) in [7, 11) is 1.69. The van der Waals surface area contributed by atoms with Gasteiger partial charge in [0.15, 0.2) is 0 Å². The van der Waals surface area contributed by atoms with Crippen LogP contribution in [0.15, 0.2) is 21.4 Å². The van der Waals surface area contributed by atoms with Crippen LogP contribution in [0.2, 0.25) is 0 Å². The zero-order valence-corrected chi connectivity index (χ0v) is 9.67. The number of hydrogen-bond donors (Lipinski definition) is 1. The first kappa shape index (κ1) is 10.2. The van der Waals surface area contributed by atoms with Crippen molar-refractivity contribution in [2.24, 2.45) is 7.05 Å². The zero-order chi connectivity index (χ0) is 11.0. The number of fused-ring (bicyclic) bond motifs is 1. The third kappa shape index (κ3) is 1.63. The van der Waals surface area contributed by atoms with E-state index >= 15 is 0 Å². The lowest BCUT2D eigenvalue weighted by Gasteiger charge is -2.01. The maximum absolute atomic E-state index is 11.3. The number of nitrogens with zero attached hydrogens (tertiary/aromatic N) is 1. The lowest BCUT2D eigenvalue weighted by atomic mass is 10.1. The van der Waals surface area contributed by atoms with E-state index in [2.05, 4.69) is 20.9 Å². The van der Waals surface area contributed by atoms with Crippen LogP contribution in [-0.4, -0.2) is 15.8 Å². The average Bonchev–Trinajstić information content (AvgIpc) is 2.45. The van der Waals surface area contributed by atoms with Gasteiger partial charge in [0.2, 0.25) is 0 Å². The highest BCUT2D eigenvalue weighted by molar-refractivity contribution is 9.10. The Kier molecular flexibility index (Phi) is 2.48. The Labute approximate surface area is 94.0 Å². The Morgan fingerprint density at radius 2 is 2.27 bits per heavy atom. The Balaban J connectivity index is 2.77. The van der Waals surface area contributed by atoms with Gasteiger partial charge in [-0.25, -0.2) is 4.79 Å². The molecule has 0 fully saturated rings. The maximum atomic E-state index is 11.3. The molecule has 78 valence electrons. The van der Waals surface area contributed by atoms with Crippen molar-refractivity contribution in [1.29, 1.82) is 0 Å². The van der Waals surface area contributed by atoms with Crippen molar-refractivity contribution in [3.05, 3.63) is 32.7 Å². The fourth-order valence-electron chi connectivity index (χ4n) is 1.54. The Morgan fingerprint density at radius 3 is 2.93 bits per heavy atom. The highest BCUT2D eigenvalue weighted by Crippen LogP contribution is 2.22. The first-order valence-electron chi connectivity index (χ1n) is 4.44. The molecule has 15 heavy (non-hydrogen) atoms. The van der Waals surface area contributed by atoms with Gasteiger partial charge in [0, 0.05) is 17.9 Å². The van der Waals surface area contributed by atoms with E-state index in [4.69, 9.17) is 0 Å². The van der Waals surface area contributed by atoms with Crippen LogP contribution in [-0.2, 0) is 18.3 Å². The highest BCUT2D eigenvalue weighted by Gasteiger charge is 2.07. The number of carbonyl (C=O) groups excluding carboxylic acids is 1. The number of nitrogens with one attached hydrogen (secondary N) is 1. The lowest BCUT2D eigenvalue weighted by molar-refractivity contribution is -0.107. The molecule has 0 saturated carbocycles. The first-order chi connectivity index (χ1) is 7.13. The molecular weight excluding hydrogens is 260 g/mol. The van der Waals surface area contributed by atoms with Crippen molar-refractivity contribution in [2.45, 2.75) is 6.42 Å². The standard InChI is InChI=1S/C10H9BrN2O2/c1-13-9-4-6(2-3-14)7(11)5-8(9)12-10(13)15/h3-5H,2H2,1H3,(H,12,15). The molecule has 0 bridgehead atoms. The predicted octanol–water partition coefficient (Wildman–Crippen LogP) is 1.37. The molecule has 4 nitrogen and oxygen atoms in total. The van der Waals surface area contributed by atoms with Crippen LogP contribution in [0.5, 0.6) is 0 Å². The number of benzene rings is 1. The summed E-state index contributed by atoms with van der Waals surface area (Å²) in [5.74, 6) is 0. The molecule has 0 aliphatic carbocycles. The van der Waals surface area contributed by atoms with Crippen LogP contribution in [0.4, 0.5) is 0 Å². The quantitative estimate of drug-likeness (QED) is 0.837. The number of carbonyl (C=O) groups is 1. The number of aromatic amines is 1. The van der Waals surface area contributed by atoms with Crippen LogP contribution in [0.25, 0.3) is 11.0 Å². The minimum Gasteiger partial charge on any atom is -0.306 e. The fraction of sp³-hybridized carbons (Fsp3) is 0.200. The van der Waals surface area contributed by atoms with Crippen molar-refractivity contribution < 1.29 is 4.79 Å². The van der Waals surface area contributed by atoms with Crippen molar-refractivity contribution in [3.63, 3.8) is 0 Å². The number of aromatic nitrogens is 2. The van der Waals surface area contributed by atoms with E-state index in [0.717, 1.165) is 27.4 Å². The van der Waals surface area contributed by atoms with E-state index in [1.54, 1.807) is 7.05 Å². The molecule has 1 heterocycles. The summed E-state index contributed by atoms with van der Waals surface area (Å²) in [6.07, 6.45) is 1.19. The topological polar surface area (TPSA) is 54.9 Å². The molecule has 0 amide bonds. The van der Waals surface area contributed by atoms with Crippen molar-refractivity contribution in [1.82, 2.24) is 9.55 Å². The van der Waals surface area contributed by atoms with Gasteiger partial charge < -0.3 is 9.78 Å². The van der Waals surface area contributed by atoms with Gasteiger partial charge in [-0.15, -0.1) is 0 Å². The predicted molar refractivity (Wildman–Crippen MR) is 61.0 cm³/mol. The van der Waals surface area contributed by atoms with Crippen LogP contribution < -0.4 is 5.69 Å². The van der Waals surface area contributed by atoms with Gasteiger partial charge in [0.25, 0.3) is 0 Å². The summed E-state index contributed by atoms with van der Waals surface area (Å²) < 4.78 is 2.36. The fourth-order valence-corrected chi connectivity index (χ4v) is 2.04. The molecule has 0 aliphatic rings. The second-order valence-electron chi connectivity index (χ2n) is 3.32. The minimum atomic E-state index is -0.153. The summed E-state index contributed by atoms with van der Waals surface area (Å²) in [5, 5.41) is 0. The van der Waals surface area contributed by atoms with Crippen molar-refractivity contribution in [3.8, 4) is 0 Å². The third-order valence-electron chi connectivity index (χ3n) is 2.38. The third-order valence-corrected chi connectivity index (χ3v) is 3.11. The largest absolute Gasteiger partial charge is 0.326 e. The maximum Gasteiger partial charge on any atom is 0.326 e. The lowest BCUT2D eigenvalue weighted by Crippen LogP contribution is -2.11. The molecule has 0 saturated heterocycles. The summed E-state index contributed by atoms with van der Waals surface area (Å²) >= 11 is 3.36. The molecule has 1 aromatic carbocycles. The first-order valence-corrected chi connectivity index (χ1v) is 5.23. The van der Waals surface area contributed by atoms with E-state index in [0.29, 0.717) is 6.42 Å². The van der Waals surface area contributed by atoms with E-state index in [1.807, 2.05) is 12.1 Å². The average molecular weight is 269 g/mol. The zero-order valence-electron chi connectivity index (χ0n) is 8.08. The van der Waals surface area contributed by atoms with Gasteiger partial charge in [-0.2, -0.15) is 0 Å². The number of aryl methyl sites for hydroxylation is 1. The van der Waals surface area contributed by atoms with E-state index in [1.165, 1.54) is 4.57 Å². The van der Waals surface area contributed by atoms with Crippen LogP contribution >= 0.6 is 15.9 Å². The number of imidazole rings is 1. The second-order valence-corrected chi connectivity index (χ2v) is 4.18. The van der Waals surface area contributed by atoms with Gasteiger partial charge in [-0.3, -0.25) is 4.57 Å². The van der Waals surface area contributed by atoms with Crippen molar-refractivity contribution in [2.75, 3.05) is 0 Å². The van der Waals surface area contributed by atoms with Crippen LogP contribution in [0.3, 0.4) is 0 Å². The molecule has 0 aliphatic heterocycles. The Hall–Kier alpha value is -1.36. The number of hydrogen-bond acceptors (Lipinski definition) is 2. The van der Waals surface area contributed by atoms with Gasteiger partial charge in [0.1, 0.15) is 6.29 Å². The number of aldehydes is 1. The molecule has 2 aromatic rings. The highest BCUT2D eigenvalue weighted by atomic mass is 79.9. The molecule has 0 unspecified atom stereocenters. The minimum absolute atomic E-state index is 0.153. The monoisotopic (exact) mass is 268 g/mol. The summed E-state index contributed by atoms with van der Waals surface area (Å²) in [4.78, 5) is 24.5. The molecule has 0 radical (unpaired) electrons. The summed E-state index contributed by atoms with van der Waals surface area (Å²) in [5.41, 5.74) is 2.30. The van der Waals surface area contributed by atoms with E-state index in [9.17, 15) is 9.59 Å². The molecule has 1 aromatic heterocycles. The number of halogens is 1. The Morgan fingerprint density at radius 1 is 1.53 bits per heavy atom. The van der Waals surface area contributed by atoms with E-state index < -0.39 is 0 Å². The van der Waals surface area contributed by atoms with E-state index in [-0.39, 0.29) is 5.69 Å². The van der Waals surface area contributed by atoms with Gasteiger partial charge in [0.05, 0.1) is 11.0 Å². The molecule has 5 heteroatoms. The SMILES string of the molecule is Cn1c(=O)[nH]c2cc(Br)c(CC=O)cc21. The second kappa shape index (κ2) is 3.66. The van der Waals surface area contributed by atoms with Crippen LogP contribution in [0, 0.1) is 0 Å². The summed E-state index contributed by atoms with van der Waals surface area (Å²) in [6, 6.07) is 3.65. The molecule has 1 N–H and O–H groups in total. The van der Waals surface area contributed by atoms with Gasteiger partial charge in [-0.1, -0.05) is 15.9 Å². The van der Waals surface area contributed by atoms with Gasteiger partial charge >= 0.3 is 5.69 Å². The molecule has 2 rings (SSSR count). The summed E-state index contributed by atoms with van der Waals surface area (Å²) in [6.45, 7) is 0. The molecule has 0 spiro atoms. The van der Waals surface area contributed by atoms with Crippen LogP contribution in [0.1, 0.15) is 5.56 Å². The normalized spacial score (nSPS) is 10.8. The molecule has 0 atom stereocenters. The van der Waals surface area contributed by atoms with Gasteiger partial charge in [-0.05, 0) is 17.7 Å². The number of rotatable bonds is 2. The number of H-pyrrole nitrogens is 1. The molecular formula is C10H9BrN2O2. The smallest absolute Gasteiger partial charge is 0.306 e.